The first-order chi connectivity index (χ1) is 14.7. The molecule has 3 aromatic carbocycles. The Morgan fingerprint density at radius 2 is 1.48 bits per heavy atom. The maximum absolute atomic E-state index is 12.8. The number of carbonyl (C=O) groups excluding carboxylic acids is 2. The molecule has 0 saturated carbocycles. The molecular weight excluding hydrogens is 409 g/mol. The van der Waals surface area contributed by atoms with Gasteiger partial charge >= 0.3 is 6.18 Å². The second-order valence-corrected chi connectivity index (χ2v) is 6.67. The van der Waals surface area contributed by atoms with E-state index in [1.165, 1.54) is 36.4 Å². The van der Waals surface area contributed by atoms with Crippen LogP contribution in [0.3, 0.4) is 0 Å². The van der Waals surface area contributed by atoms with E-state index in [9.17, 15) is 22.8 Å². The van der Waals surface area contributed by atoms with Crippen LogP contribution >= 0.6 is 0 Å². The maximum Gasteiger partial charge on any atom is 0.416 e. The SMILES string of the molecule is CC(Oc1ccc(C(=O)Nc2cccc(C(F)(F)F)c2)cc1)C(=O)Nc1ccccc1. The van der Waals surface area contributed by atoms with E-state index in [4.69, 9.17) is 4.74 Å². The van der Waals surface area contributed by atoms with Gasteiger partial charge in [-0.3, -0.25) is 9.59 Å². The molecule has 0 saturated heterocycles. The predicted molar refractivity (Wildman–Crippen MR) is 111 cm³/mol. The minimum Gasteiger partial charge on any atom is -0.481 e. The van der Waals surface area contributed by atoms with E-state index in [0.717, 1.165) is 12.1 Å². The predicted octanol–water partition coefficient (Wildman–Crippen LogP) is 5.36. The van der Waals surface area contributed by atoms with E-state index in [0.29, 0.717) is 11.4 Å². The smallest absolute Gasteiger partial charge is 0.416 e. The molecule has 8 heteroatoms. The molecule has 0 aliphatic rings. The molecule has 1 atom stereocenters. The molecule has 0 aliphatic heterocycles. The lowest BCUT2D eigenvalue weighted by atomic mass is 10.1. The molecule has 0 spiro atoms. The third-order valence-electron chi connectivity index (χ3n) is 4.29. The van der Waals surface area contributed by atoms with Crippen LogP contribution in [0.2, 0.25) is 0 Å². The van der Waals surface area contributed by atoms with Crippen molar-refractivity contribution >= 4 is 23.2 Å². The maximum atomic E-state index is 12.8. The van der Waals surface area contributed by atoms with Crippen LogP contribution in [0.4, 0.5) is 24.5 Å². The highest BCUT2D eigenvalue weighted by Crippen LogP contribution is 2.30. The van der Waals surface area contributed by atoms with Crippen LogP contribution in [0.5, 0.6) is 5.75 Å². The van der Waals surface area contributed by atoms with Gasteiger partial charge in [0.2, 0.25) is 0 Å². The second-order valence-electron chi connectivity index (χ2n) is 6.67. The highest BCUT2D eigenvalue weighted by molar-refractivity contribution is 6.04. The summed E-state index contributed by atoms with van der Waals surface area (Å²) in [4.78, 5) is 24.5. The highest BCUT2D eigenvalue weighted by atomic mass is 19.4. The number of alkyl halides is 3. The van der Waals surface area contributed by atoms with Gasteiger partial charge in [0, 0.05) is 16.9 Å². The van der Waals surface area contributed by atoms with E-state index >= 15 is 0 Å². The van der Waals surface area contributed by atoms with Crippen molar-refractivity contribution in [2.45, 2.75) is 19.2 Å². The summed E-state index contributed by atoms with van der Waals surface area (Å²) in [5.41, 5.74) is 0.0545. The zero-order valence-electron chi connectivity index (χ0n) is 16.4. The largest absolute Gasteiger partial charge is 0.481 e. The third-order valence-corrected chi connectivity index (χ3v) is 4.29. The van der Waals surface area contributed by atoms with Gasteiger partial charge in [-0.05, 0) is 61.5 Å². The van der Waals surface area contributed by atoms with Crippen molar-refractivity contribution in [3.8, 4) is 5.75 Å². The van der Waals surface area contributed by atoms with E-state index < -0.39 is 23.8 Å². The van der Waals surface area contributed by atoms with Crippen LogP contribution in [-0.2, 0) is 11.0 Å². The molecule has 3 rings (SSSR count). The van der Waals surface area contributed by atoms with E-state index in [1.54, 1.807) is 31.2 Å². The molecule has 0 aromatic heterocycles. The lowest BCUT2D eigenvalue weighted by Crippen LogP contribution is -2.30. The molecule has 5 nitrogen and oxygen atoms in total. The first kappa shape index (κ1) is 21.9. The average molecular weight is 428 g/mol. The van der Waals surface area contributed by atoms with Gasteiger partial charge in [-0.1, -0.05) is 24.3 Å². The summed E-state index contributed by atoms with van der Waals surface area (Å²) < 4.78 is 44.0. The summed E-state index contributed by atoms with van der Waals surface area (Å²) in [5, 5.41) is 5.16. The van der Waals surface area contributed by atoms with Gasteiger partial charge in [0.25, 0.3) is 11.8 Å². The topological polar surface area (TPSA) is 67.4 Å². The average Bonchev–Trinajstić information content (AvgIpc) is 2.74. The number of carbonyl (C=O) groups is 2. The Kier molecular flexibility index (Phi) is 6.59. The van der Waals surface area contributed by atoms with Crippen LogP contribution in [0.25, 0.3) is 0 Å². The molecule has 0 radical (unpaired) electrons. The van der Waals surface area contributed by atoms with Crippen molar-refractivity contribution in [3.05, 3.63) is 90.0 Å². The number of amides is 2. The van der Waals surface area contributed by atoms with Gasteiger partial charge in [-0.25, -0.2) is 0 Å². The number of ether oxygens (including phenoxy) is 1. The van der Waals surface area contributed by atoms with Crippen LogP contribution in [0.15, 0.2) is 78.9 Å². The van der Waals surface area contributed by atoms with Gasteiger partial charge in [-0.2, -0.15) is 13.2 Å². The van der Waals surface area contributed by atoms with Crippen LogP contribution in [0, 0.1) is 0 Å². The number of halogens is 3. The standard InChI is InChI=1S/C23H19F3N2O3/c1-15(21(29)27-18-7-3-2-4-8-18)31-20-12-10-16(11-13-20)22(30)28-19-9-5-6-17(14-19)23(24,25)26/h2-15H,1H3,(H,27,29)(H,28,30). The van der Waals surface area contributed by atoms with Gasteiger partial charge in [0.05, 0.1) is 5.56 Å². The number of benzene rings is 3. The van der Waals surface area contributed by atoms with Gasteiger partial charge < -0.3 is 15.4 Å². The van der Waals surface area contributed by atoms with Crippen molar-refractivity contribution in [2.75, 3.05) is 10.6 Å². The number of rotatable bonds is 6. The molecule has 0 bridgehead atoms. The summed E-state index contributed by atoms with van der Waals surface area (Å²) in [6.45, 7) is 1.59. The molecular formula is C23H19F3N2O3. The van der Waals surface area contributed by atoms with Crippen molar-refractivity contribution in [3.63, 3.8) is 0 Å². The molecule has 31 heavy (non-hydrogen) atoms. The first-order valence-electron chi connectivity index (χ1n) is 9.33. The highest BCUT2D eigenvalue weighted by Gasteiger charge is 2.30. The fraction of sp³-hybridized carbons (Fsp3) is 0.130. The summed E-state index contributed by atoms with van der Waals surface area (Å²) in [7, 11) is 0. The van der Waals surface area contributed by atoms with Crippen LogP contribution in [-0.4, -0.2) is 17.9 Å². The number of anilines is 2. The Morgan fingerprint density at radius 3 is 2.13 bits per heavy atom. The Morgan fingerprint density at radius 1 is 0.839 bits per heavy atom. The quantitative estimate of drug-likeness (QED) is 0.555. The normalized spacial score (nSPS) is 12.0. The van der Waals surface area contributed by atoms with E-state index in [-0.39, 0.29) is 17.2 Å². The number of nitrogens with one attached hydrogen (secondary N) is 2. The Balaban J connectivity index is 1.59. The minimum absolute atomic E-state index is 0.0337. The number of hydrogen-bond donors (Lipinski definition) is 2. The molecule has 0 heterocycles. The third kappa shape index (κ3) is 6.08. The number of hydrogen-bond acceptors (Lipinski definition) is 3. The fourth-order valence-corrected chi connectivity index (χ4v) is 2.68. The zero-order valence-corrected chi connectivity index (χ0v) is 16.4. The molecule has 0 fully saturated rings. The summed E-state index contributed by atoms with van der Waals surface area (Å²) in [5.74, 6) is -0.537. The Labute approximate surface area is 176 Å². The van der Waals surface area contributed by atoms with E-state index in [2.05, 4.69) is 10.6 Å². The first-order valence-corrected chi connectivity index (χ1v) is 9.33. The lowest BCUT2D eigenvalue weighted by Gasteiger charge is -2.15. The van der Waals surface area contributed by atoms with Crippen molar-refractivity contribution in [1.29, 1.82) is 0 Å². The van der Waals surface area contributed by atoms with Gasteiger partial charge in [-0.15, -0.1) is 0 Å². The van der Waals surface area contributed by atoms with Crippen molar-refractivity contribution < 1.29 is 27.5 Å². The molecule has 1 unspecified atom stereocenters. The molecule has 2 N–H and O–H groups in total. The Hall–Kier alpha value is -3.81. The van der Waals surface area contributed by atoms with Crippen LogP contribution in [0.1, 0.15) is 22.8 Å². The Bertz CT molecular complexity index is 1050. The second kappa shape index (κ2) is 9.34. The van der Waals surface area contributed by atoms with Crippen molar-refractivity contribution in [1.82, 2.24) is 0 Å². The minimum atomic E-state index is -4.50. The van der Waals surface area contributed by atoms with Gasteiger partial charge in [0.15, 0.2) is 6.10 Å². The summed E-state index contributed by atoms with van der Waals surface area (Å²) in [6.07, 6.45) is -5.28. The van der Waals surface area contributed by atoms with E-state index in [1.807, 2.05) is 6.07 Å². The van der Waals surface area contributed by atoms with Crippen LogP contribution < -0.4 is 15.4 Å². The van der Waals surface area contributed by atoms with Crippen molar-refractivity contribution in [2.24, 2.45) is 0 Å². The summed E-state index contributed by atoms with van der Waals surface area (Å²) in [6, 6.07) is 19.2. The molecule has 3 aromatic rings. The zero-order chi connectivity index (χ0) is 22.4. The molecule has 160 valence electrons. The number of para-hydroxylation sites is 1. The molecule has 2 amide bonds. The van der Waals surface area contributed by atoms with Gasteiger partial charge in [0.1, 0.15) is 5.75 Å². The summed E-state index contributed by atoms with van der Waals surface area (Å²) >= 11 is 0. The fourth-order valence-electron chi connectivity index (χ4n) is 2.68. The molecule has 0 aliphatic carbocycles. The monoisotopic (exact) mass is 428 g/mol. The lowest BCUT2D eigenvalue weighted by molar-refractivity contribution is -0.137.